The van der Waals surface area contributed by atoms with Crippen LogP contribution in [0.4, 0.5) is 5.69 Å². The maximum absolute atomic E-state index is 12.6. The third-order valence-corrected chi connectivity index (χ3v) is 5.68. The van der Waals surface area contributed by atoms with E-state index in [9.17, 15) is 14.4 Å². The van der Waals surface area contributed by atoms with E-state index in [0.717, 1.165) is 13.1 Å². The molecule has 0 aromatic heterocycles. The van der Waals surface area contributed by atoms with Crippen LogP contribution in [-0.4, -0.2) is 84.8 Å². The topological polar surface area (TPSA) is 64.2 Å². The van der Waals surface area contributed by atoms with Gasteiger partial charge in [-0.15, -0.1) is 0 Å². The molecular weight excluding hydrogens is 344 g/mol. The molecule has 2 saturated heterocycles. The summed E-state index contributed by atoms with van der Waals surface area (Å²) in [5.74, 6) is -0.860. The van der Waals surface area contributed by atoms with E-state index in [1.165, 1.54) is 23.7 Å². The first-order valence-electron chi connectivity index (χ1n) is 9.53. The average molecular weight is 372 g/mol. The lowest BCUT2D eigenvalue weighted by molar-refractivity contribution is -0.153. The van der Waals surface area contributed by atoms with Gasteiger partial charge in [0.15, 0.2) is 0 Å². The van der Waals surface area contributed by atoms with Crippen molar-refractivity contribution in [2.24, 2.45) is 0 Å². The first-order valence-corrected chi connectivity index (χ1v) is 9.53. The highest BCUT2D eigenvalue weighted by Gasteiger charge is 2.32. The van der Waals surface area contributed by atoms with Gasteiger partial charge in [-0.1, -0.05) is 12.1 Å². The van der Waals surface area contributed by atoms with Crippen molar-refractivity contribution in [3.05, 3.63) is 29.3 Å². The summed E-state index contributed by atoms with van der Waals surface area (Å²) in [6.07, 6.45) is 0. The first kappa shape index (κ1) is 19.2. The van der Waals surface area contributed by atoms with Crippen LogP contribution in [0, 0.1) is 13.8 Å². The number of hydrogen-bond donors (Lipinski definition) is 0. The summed E-state index contributed by atoms with van der Waals surface area (Å²) in [4.78, 5) is 43.8. The zero-order chi connectivity index (χ0) is 19.6. The number of hydrogen-bond acceptors (Lipinski definition) is 4. The van der Waals surface area contributed by atoms with Gasteiger partial charge in [0.05, 0.1) is 0 Å². The summed E-state index contributed by atoms with van der Waals surface area (Å²) >= 11 is 0. The molecule has 3 amide bonds. The average Bonchev–Trinajstić information content (AvgIpc) is 2.69. The Morgan fingerprint density at radius 3 is 1.74 bits per heavy atom. The van der Waals surface area contributed by atoms with Gasteiger partial charge >= 0.3 is 11.8 Å². The predicted octanol–water partition coefficient (Wildman–Crippen LogP) is 0.643. The molecular formula is C20H28N4O3. The summed E-state index contributed by atoms with van der Waals surface area (Å²) in [5, 5.41) is 0. The molecule has 7 heteroatoms. The van der Waals surface area contributed by atoms with Gasteiger partial charge in [0.25, 0.3) is 0 Å². The Morgan fingerprint density at radius 1 is 0.741 bits per heavy atom. The Labute approximate surface area is 160 Å². The number of benzene rings is 1. The molecule has 0 bridgehead atoms. The summed E-state index contributed by atoms with van der Waals surface area (Å²) < 4.78 is 0. The molecule has 2 aliphatic heterocycles. The van der Waals surface area contributed by atoms with Crippen molar-refractivity contribution < 1.29 is 14.4 Å². The Hall–Kier alpha value is -2.57. The normalized spacial score (nSPS) is 17.9. The van der Waals surface area contributed by atoms with E-state index >= 15 is 0 Å². The number of nitrogens with zero attached hydrogens (tertiary/aromatic N) is 4. The lowest BCUT2D eigenvalue weighted by Crippen LogP contribution is -2.57. The van der Waals surface area contributed by atoms with Gasteiger partial charge in [-0.05, 0) is 31.0 Å². The number of rotatable bonds is 1. The maximum Gasteiger partial charge on any atom is 0.312 e. The second kappa shape index (κ2) is 7.98. The van der Waals surface area contributed by atoms with E-state index < -0.39 is 11.8 Å². The van der Waals surface area contributed by atoms with Crippen LogP contribution in [-0.2, 0) is 14.4 Å². The van der Waals surface area contributed by atoms with Gasteiger partial charge < -0.3 is 19.6 Å². The molecule has 0 atom stereocenters. The molecule has 0 unspecified atom stereocenters. The van der Waals surface area contributed by atoms with Crippen molar-refractivity contribution in [2.75, 3.05) is 57.3 Å². The number of aryl methyl sites for hydroxylation is 1. The third kappa shape index (κ3) is 4.07. The van der Waals surface area contributed by atoms with E-state index in [1.54, 1.807) is 14.7 Å². The second-order valence-electron chi connectivity index (χ2n) is 7.30. The van der Waals surface area contributed by atoms with Crippen LogP contribution < -0.4 is 4.90 Å². The fourth-order valence-corrected chi connectivity index (χ4v) is 3.72. The highest BCUT2D eigenvalue weighted by atomic mass is 16.2. The van der Waals surface area contributed by atoms with Crippen LogP contribution in [0.1, 0.15) is 18.1 Å². The molecule has 7 nitrogen and oxygen atoms in total. The van der Waals surface area contributed by atoms with Gasteiger partial charge in [-0.25, -0.2) is 0 Å². The minimum absolute atomic E-state index is 0.0102. The van der Waals surface area contributed by atoms with E-state index in [1.807, 2.05) is 0 Å². The zero-order valence-electron chi connectivity index (χ0n) is 16.4. The Bertz CT molecular complexity index is 733. The predicted molar refractivity (Wildman–Crippen MR) is 104 cm³/mol. The summed E-state index contributed by atoms with van der Waals surface area (Å²) in [6.45, 7) is 10.1. The Balaban J connectivity index is 1.55. The van der Waals surface area contributed by atoms with E-state index in [4.69, 9.17) is 0 Å². The molecule has 0 aliphatic carbocycles. The largest absolute Gasteiger partial charge is 0.368 e. The lowest BCUT2D eigenvalue weighted by atomic mass is 10.1. The van der Waals surface area contributed by atoms with E-state index in [0.29, 0.717) is 39.3 Å². The van der Waals surface area contributed by atoms with Crippen LogP contribution in [0.2, 0.25) is 0 Å². The fourth-order valence-electron chi connectivity index (χ4n) is 3.72. The van der Waals surface area contributed by atoms with Crippen molar-refractivity contribution in [2.45, 2.75) is 20.8 Å². The molecule has 2 aliphatic rings. The van der Waals surface area contributed by atoms with Crippen molar-refractivity contribution in [3.8, 4) is 0 Å². The fraction of sp³-hybridized carbons (Fsp3) is 0.550. The van der Waals surface area contributed by atoms with Gasteiger partial charge in [-0.2, -0.15) is 0 Å². The van der Waals surface area contributed by atoms with Crippen molar-refractivity contribution in [1.82, 2.24) is 14.7 Å². The molecule has 0 saturated carbocycles. The molecule has 2 heterocycles. The highest BCUT2D eigenvalue weighted by molar-refractivity contribution is 6.35. The minimum Gasteiger partial charge on any atom is -0.368 e. The Kier molecular flexibility index (Phi) is 5.68. The maximum atomic E-state index is 12.6. The molecule has 3 rings (SSSR count). The van der Waals surface area contributed by atoms with Crippen molar-refractivity contribution >= 4 is 23.4 Å². The smallest absolute Gasteiger partial charge is 0.312 e. The SMILES string of the molecule is CC(=O)N1CCN(C(=O)C(=O)N2CCN(c3cccc(C)c3C)CC2)CC1. The monoisotopic (exact) mass is 372 g/mol. The van der Waals surface area contributed by atoms with Gasteiger partial charge in [0.1, 0.15) is 0 Å². The van der Waals surface area contributed by atoms with E-state index in [2.05, 4.69) is 36.9 Å². The van der Waals surface area contributed by atoms with Crippen LogP contribution >= 0.6 is 0 Å². The number of carbonyl (C=O) groups excluding carboxylic acids is 3. The molecule has 1 aromatic carbocycles. The van der Waals surface area contributed by atoms with Gasteiger partial charge in [-0.3, -0.25) is 14.4 Å². The third-order valence-electron chi connectivity index (χ3n) is 5.68. The highest BCUT2D eigenvalue weighted by Crippen LogP contribution is 2.24. The summed E-state index contributed by atoms with van der Waals surface area (Å²) in [7, 11) is 0. The second-order valence-corrected chi connectivity index (χ2v) is 7.30. The minimum atomic E-state index is -0.446. The van der Waals surface area contributed by atoms with Gasteiger partial charge in [0, 0.05) is 65.0 Å². The van der Waals surface area contributed by atoms with Crippen molar-refractivity contribution in [3.63, 3.8) is 0 Å². The molecule has 0 radical (unpaired) electrons. The Morgan fingerprint density at radius 2 is 1.22 bits per heavy atom. The number of amides is 3. The number of anilines is 1. The van der Waals surface area contributed by atoms with Crippen molar-refractivity contribution in [1.29, 1.82) is 0 Å². The quantitative estimate of drug-likeness (QED) is 0.679. The number of piperazine rings is 2. The van der Waals surface area contributed by atoms with Gasteiger partial charge in [0.2, 0.25) is 5.91 Å². The molecule has 0 spiro atoms. The first-order chi connectivity index (χ1) is 12.9. The lowest BCUT2D eigenvalue weighted by Gasteiger charge is -2.38. The summed E-state index contributed by atoms with van der Waals surface area (Å²) in [6, 6.07) is 6.27. The molecule has 1 aromatic rings. The molecule has 0 N–H and O–H groups in total. The van der Waals surface area contributed by atoms with Crippen LogP contribution in [0.15, 0.2) is 18.2 Å². The standard InChI is InChI=1S/C20H28N4O3/c1-15-5-4-6-18(16(15)2)22-9-13-24(14-10-22)20(27)19(26)23-11-7-21(8-12-23)17(3)25/h4-6H,7-14H2,1-3H3. The molecule has 27 heavy (non-hydrogen) atoms. The number of carbonyl (C=O) groups is 3. The van der Waals surface area contributed by atoms with Crippen LogP contribution in [0.25, 0.3) is 0 Å². The summed E-state index contributed by atoms with van der Waals surface area (Å²) in [5.41, 5.74) is 3.72. The van der Waals surface area contributed by atoms with E-state index in [-0.39, 0.29) is 5.91 Å². The molecule has 2 fully saturated rings. The van der Waals surface area contributed by atoms with Crippen LogP contribution in [0.5, 0.6) is 0 Å². The zero-order valence-corrected chi connectivity index (χ0v) is 16.4. The molecule has 146 valence electrons. The van der Waals surface area contributed by atoms with Crippen LogP contribution in [0.3, 0.4) is 0 Å².